The largest absolute Gasteiger partial charge is 1.00 e. The Morgan fingerprint density at radius 3 is 2.33 bits per heavy atom. The van der Waals surface area contributed by atoms with Crippen LogP contribution in [-0.4, -0.2) is 0 Å². The average molecular weight is 169 g/mol. The van der Waals surface area contributed by atoms with E-state index in [4.69, 9.17) is 0 Å². The van der Waals surface area contributed by atoms with Crippen LogP contribution in [0.1, 0.15) is 12.5 Å². The third-order valence-corrected chi connectivity index (χ3v) is 1.31. The van der Waals surface area contributed by atoms with Crippen molar-refractivity contribution in [2.45, 2.75) is 6.92 Å². The molecule has 0 spiro atoms. The number of hydrogen-bond acceptors (Lipinski definition) is 1. The molecule has 0 aliphatic rings. The molecule has 12 heavy (non-hydrogen) atoms. The molecule has 0 bridgehead atoms. The summed E-state index contributed by atoms with van der Waals surface area (Å²) in [5, 5.41) is 10.5. The van der Waals surface area contributed by atoms with Gasteiger partial charge in [-0.15, -0.1) is 5.76 Å². The maximum absolute atomic E-state index is 10.5. The molecule has 0 saturated heterocycles. The molecule has 0 saturated carbocycles. The Kier molecular flexibility index (Phi) is 6.17. The summed E-state index contributed by atoms with van der Waals surface area (Å²) in [4.78, 5) is 0. The van der Waals surface area contributed by atoms with Crippen molar-refractivity contribution in [3.8, 4) is 0 Å². The molecule has 1 aromatic rings. The summed E-state index contributed by atoms with van der Waals surface area (Å²) in [6, 6.07) is 9.75. The van der Waals surface area contributed by atoms with Crippen LogP contribution in [0.5, 0.6) is 0 Å². The topological polar surface area (TPSA) is 23.1 Å². The van der Waals surface area contributed by atoms with Gasteiger partial charge in [-0.25, -0.2) is 0 Å². The first-order chi connectivity index (χ1) is 5.29. The molecular formula is C10H10NaO. The fourth-order valence-electron chi connectivity index (χ4n) is 0.778. The smallest absolute Gasteiger partial charge is 0.876 e. The van der Waals surface area contributed by atoms with Crippen LogP contribution >= 0.6 is 0 Å². The molecule has 0 aliphatic heterocycles. The van der Waals surface area contributed by atoms with Crippen LogP contribution in [-0.2, 0) is 0 Å². The number of allylic oxidation sites excluding steroid dienone is 2. The molecule has 0 aliphatic carbocycles. The van der Waals surface area contributed by atoms with Gasteiger partial charge in [-0.2, -0.15) is 0 Å². The van der Waals surface area contributed by atoms with Gasteiger partial charge in [-0.1, -0.05) is 43.3 Å². The van der Waals surface area contributed by atoms with Gasteiger partial charge < -0.3 is 5.11 Å². The monoisotopic (exact) mass is 169 g/mol. The molecule has 1 radical (unpaired) electrons. The molecule has 2 heteroatoms. The van der Waals surface area contributed by atoms with E-state index in [-0.39, 0.29) is 35.3 Å². The van der Waals surface area contributed by atoms with Crippen molar-refractivity contribution in [3.63, 3.8) is 0 Å². The number of hydrogen-bond donors (Lipinski definition) is 0. The van der Waals surface area contributed by atoms with E-state index >= 15 is 0 Å². The number of benzene rings is 1. The second-order valence-electron chi connectivity index (χ2n) is 2.35. The third kappa shape index (κ3) is 4.60. The van der Waals surface area contributed by atoms with Gasteiger partial charge in [0.05, 0.1) is 0 Å². The second-order valence-corrected chi connectivity index (χ2v) is 2.35. The maximum Gasteiger partial charge on any atom is 1.00 e. The fraction of sp³-hybridized carbons (Fsp3) is 0.100. The summed E-state index contributed by atoms with van der Waals surface area (Å²) in [6.07, 6.45) is 3.37. The van der Waals surface area contributed by atoms with E-state index in [1.165, 1.54) is 0 Å². The molecule has 0 amide bonds. The van der Waals surface area contributed by atoms with Gasteiger partial charge in [0.2, 0.25) is 0 Å². The van der Waals surface area contributed by atoms with Crippen molar-refractivity contribution in [2.24, 2.45) is 0 Å². The standard InChI is InChI=1S/C10H11O.Na/c1-9(11)7-8-10-5-3-2-4-6-10;/h2-8,11H,1H3;/q;+1/p-1/b9-7-;. The Morgan fingerprint density at radius 1 is 1.25 bits per heavy atom. The predicted octanol–water partition coefficient (Wildman–Crippen LogP) is -1.49. The van der Waals surface area contributed by atoms with Crippen LogP contribution in [0.25, 0.3) is 0 Å². The van der Waals surface area contributed by atoms with Crippen LogP contribution < -0.4 is 34.7 Å². The van der Waals surface area contributed by atoms with Gasteiger partial charge in [-0.3, -0.25) is 0 Å². The normalized spacial score (nSPS) is 10.6. The van der Waals surface area contributed by atoms with Crippen molar-refractivity contribution in [3.05, 3.63) is 54.2 Å². The van der Waals surface area contributed by atoms with Crippen molar-refractivity contribution in [1.29, 1.82) is 0 Å². The summed E-state index contributed by atoms with van der Waals surface area (Å²) >= 11 is 0. The molecule has 0 N–H and O–H groups in total. The Labute approximate surface area is 95.4 Å². The fourth-order valence-corrected chi connectivity index (χ4v) is 0.778. The minimum Gasteiger partial charge on any atom is -0.876 e. The maximum atomic E-state index is 10.5. The molecule has 1 rings (SSSR count). The van der Waals surface area contributed by atoms with E-state index in [0.29, 0.717) is 0 Å². The van der Waals surface area contributed by atoms with Crippen molar-refractivity contribution >= 4 is 0 Å². The average Bonchev–Trinajstić information content (AvgIpc) is 2.03. The molecule has 1 nitrogen and oxygen atoms in total. The predicted molar refractivity (Wildman–Crippen MR) is 43.6 cm³/mol. The quantitative estimate of drug-likeness (QED) is 0.390. The zero-order chi connectivity index (χ0) is 8.10. The Balaban J connectivity index is 0.00000121. The van der Waals surface area contributed by atoms with E-state index in [0.717, 1.165) is 5.56 Å². The van der Waals surface area contributed by atoms with Gasteiger partial charge in [0, 0.05) is 6.42 Å². The van der Waals surface area contributed by atoms with Gasteiger partial charge >= 0.3 is 29.6 Å². The van der Waals surface area contributed by atoms with E-state index in [1.54, 1.807) is 13.0 Å². The first-order valence-corrected chi connectivity index (χ1v) is 3.53. The van der Waals surface area contributed by atoms with Gasteiger partial charge in [0.15, 0.2) is 0 Å². The molecule has 0 heterocycles. The molecule has 0 fully saturated rings. The molecule has 0 unspecified atom stereocenters. The molecule has 1 aromatic carbocycles. The molecular weight excluding hydrogens is 159 g/mol. The summed E-state index contributed by atoms with van der Waals surface area (Å²) in [7, 11) is 0. The van der Waals surface area contributed by atoms with Crippen LogP contribution in [0.15, 0.2) is 42.2 Å². The van der Waals surface area contributed by atoms with Crippen LogP contribution in [0.4, 0.5) is 0 Å². The van der Waals surface area contributed by atoms with Crippen molar-refractivity contribution in [2.75, 3.05) is 0 Å². The minimum absolute atomic E-state index is 0. The van der Waals surface area contributed by atoms with Crippen molar-refractivity contribution < 1.29 is 34.7 Å². The SMILES string of the molecule is C/C([O-])=C/[CH]c1ccccc1.[Na+]. The van der Waals surface area contributed by atoms with Crippen LogP contribution in [0.2, 0.25) is 0 Å². The first kappa shape index (κ1) is 11.8. The Hall–Kier alpha value is -0.240. The zero-order valence-electron chi connectivity index (χ0n) is 7.45. The second kappa shape index (κ2) is 6.30. The van der Waals surface area contributed by atoms with Crippen LogP contribution in [0.3, 0.4) is 0 Å². The van der Waals surface area contributed by atoms with Gasteiger partial charge in [0.1, 0.15) is 0 Å². The molecule has 57 valence electrons. The molecule has 0 atom stereocenters. The van der Waals surface area contributed by atoms with Crippen molar-refractivity contribution in [1.82, 2.24) is 0 Å². The van der Waals surface area contributed by atoms with Gasteiger partial charge in [-0.05, 0) is 5.56 Å². The zero-order valence-corrected chi connectivity index (χ0v) is 9.45. The third-order valence-electron chi connectivity index (χ3n) is 1.31. The Bertz CT molecular complexity index is 237. The summed E-state index contributed by atoms with van der Waals surface area (Å²) < 4.78 is 0. The molecule has 0 aromatic heterocycles. The van der Waals surface area contributed by atoms with E-state index in [2.05, 4.69) is 0 Å². The first-order valence-electron chi connectivity index (χ1n) is 3.53. The summed E-state index contributed by atoms with van der Waals surface area (Å²) in [6.45, 7) is 1.54. The summed E-state index contributed by atoms with van der Waals surface area (Å²) in [5.74, 6) is 0.0776. The van der Waals surface area contributed by atoms with E-state index in [9.17, 15) is 5.11 Å². The minimum atomic E-state index is 0. The Morgan fingerprint density at radius 2 is 1.83 bits per heavy atom. The summed E-state index contributed by atoms with van der Waals surface area (Å²) in [5.41, 5.74) is 1.06. The van der Waals surface area contributed by atoms with Gasteiger partial charge in [0.25, 0.3) is 0 Å². The van der Waals surface area contributed by atoms with Crippen LogP contribution in [0, 0.1) is 6.42 Å². The van der Waals surface area contributed by atoms with E-state index < -0.39 is 0 Å². The van der Waals surface area contributed by atoms with E-state index in [1.807, 2.05) is 36.8 Å². The number of rotatable bonds is 2.